The predicted molar refractivity (Wildman–Crippen MR) is 52.3 cm³/mol. The largest absolute Gasteiger partial charge is 0.507 e. The highest BCUT2D eigenvalue weighted by atomic mass is 16.3. The molecule has 70 valence electrons. The van der Waals surface area contributed by atoms with Crippen LogP contribution in [0, 0.1) is 0 Å². The Morgan fingerprint density at radius 3 is 2.36 bits per heavy atom. The molecule has 0 radical (unpaired) electrons. The number of benzene rings is 1. The van der Waals surface area contributed by atoms with Crippen LogP contribution in [0.2, 0.25) is 0 Å². The summed E-state index contributed by atoms with van der Waals surface area (Å²) >= 11 is 0. The molecule has 0 saturated heterocycles. The summed E-state index contributed by atoms with van der Waals surface area (Å²) < 4.78 is 1.43. The van der Waals surface area contributed by atoms with Crippen molar-refractivity contribution in [3.63, 3.8) is 0 Å². The van der Waals surface area contributed by atoms with Gasteiger partial charge in [-0.15, -0.1) is 0 Å². The maximum Gasteiger partial charge on any atom is 0.265 e. The van der Waals surface area contributed by atoms with E-state index in [1.807, 2.05) is 0 Å². The van der Waals surface area contributed by atoms with Crippen LogP contribution in [0.5, 0.6) is 5.75 Å². The number of carbonyl (C=O) groups excluding carboxylic acids is 1. The Hall–Kier alpha value is -2.03. The number of carbonyl (C=O) groups is 1. The number of hydrogen-bond acceptors (Lipinski definition) is 2. The van der Waals surface area contributed by atoms with Crippen molar-refractivity contribution in [3.8, 4) is 5.75 Å². The molecule has 0 aliphatic carbocycles. The van der Waals surface area contributed by atoms with E-state index in [4.69, 9.17) is 0 Å². The number of aromatic nitrogens is 1. The van der Waals surface area contributed by atoms with Crippen molar-refractivity contribution in [2.75, 3.05) is 0 Å². The van der Waals surface area contributed by atoms with E-state index in [1.165, 1.54) is 10.6 Å². The molecule has 0 bridgehead atoms. The molecular formula is C11H9NO2. The molecule has 0 aliphatic heterocycles. The minimum atomic E-state index is -0.229. The van der Waals surface area contributed by atoms with Crippen LogP contribution in [-0.4, -0.2) is 15.6 Å². The molecule has 2 aromatic rings. The maximum atomic E-state index is 11.7. The Labute approximate surface area is 81.2 Å². The fourth-order valence-electron chi connectivity index (χ4n) is 1.26. The second kappa shape index (κ2) is 3.38. The molecule has 1 N–H and O–H groups in total. The van der Waals surface area contributed by atoms with Gasteiger partial charge in [-0.1, -0.05) is 12.1 Å². The number of hydrogen-bond donors (Lipinski definition) is 1. The first-order chi connectivity index (χ1) is 6.79. The Morgan fingerprint density at radius 2 is 1.71 bits per heavy atom. The van der Waals surface area contributed by atoms with Crippen molar-refractivity contribution in [1.82, 2.24) is 4.57 Å². The van der Waals surface area contributed by atoms with Gasteiger partial charge in [0, 0.05) is 12.4 Å². The molecule has 0 atom stereocenters. The fraction of sp³-hybridized carbons (Fsp3) is 0. The minimum Gasteiger partial charge on any atom is -0.507 e. The minimum absolute atomic E-state index is 0.00574. The van der Waals surface area contributed by atoms with Gasteiger partial charge in [0.05, 0.1) is 5.56 Å². The Morgan fingerprint density at radius 1 is 1.07 bits per heavy atom. The number of phenols is 1. The van der Waals surface area contributed by atoms with Crippen molar-refractivity contribution in [2.45, 2.75) is 0 Å². The van der Waals surface area contributed by atoms with Gasteiger partial charge in [0.1, 0.15) is 5.75 Å². The average molecular weight is 187 g/mol. The molecule has 2 rings (SSSR count). The summed E-state index contributed by atoms with van der Waals surface area (Å²) in [6, 6.07) is 10.0. The summed E-state index contributed by atoms with van der Waals surface area (Å²) in [7, 11) is 0. The highest BCUT2D eigenvalue weighted by Crippen LogP contribution is 2.16. The van der Waals surface area contributed by atoms with Gasteiger partial charge in [0.15, 0.2) is 0 Å². The lowest BCUT2D eigenvalue weighted by atomic mass is 10.2. The van der Waals surface area contributed by atoms with Crippen LogP contribution in [0.1, 0.15) is 10.4 Å². The summed E-state index contributed by atoms with van der Waals surface area (Å²) in [6.07, 6.45) is 3.30. The SMILES string of the molecule is O=C(c1ccccc1O)n1cccc1. The zero-order valence-corrected chi connectivity index (χ0v) is 7.42. The molecule has 1 aromatic heterocycles. The lowest BCUT2D eigenvalue weighted by molar-refractivity contribution is 0.0957. The second-order valence-electron chi connectivity index (χ2n) is 2.91. The summed E-state index contributed by atoms with van der Waals surface area (Å²) in [6.45, 7) is 0. The Kier molecular flexibility index (Phi) is 2.07. The van der Waals surface area contributed by atoms with Crippen LogP contribution in [0.4, 0.5) is 0 Å². The number of aromatic hydroxyl groups is 1. The normalized spacial score (nSPS) is 10.0. The highest BCUT2D eigenvalue weighted by molar-refractivity contribution is 5.98. The molecule has 3 nitrogen and oxygen atoms in total. The molecule has 14 heavy (non-hydrogen) atoms. The third-order valence-corrected chi connectivity index (χ3v) is 1.97. The molecule has 1 heterocycles. The third kappa shape index (κ3) is 1.40. The van der Waals surface area contributed by atoms with Crippen LogP contribution in [0.25, 0.3) is 0 Å². The lowest BCUT2D eigenvalue weighted by Crippen LogP contribution is -2.09. The monoisotopic (exact) mass is 187 g/mol. The second-order valence-corrected chi connectivity index (χ2v) is 2.91. The highest BCUT2D eigenvalue weighted by Gasteiger charge is 2.10. The maximum absolute atomic E-state index is 11.7. The van der Waals surface area contributed by atoms with Gasteiger partial charge in [0.25, 0.3) is 5.91 Å². The van der Waals surface area contributed by atoms with Crippen LogP contribution in [0.3, 0.4) is 0 Å². The van der Waals surface area contributed by atoms with Gasteiger partial charge >= 0.3 is 0 Å². The summed E-state index contributed by atoms with van der Waals surface area (Å²) in [4.78, 5) is 11.7. The van der Waals surface area contributed by atoms with Gasteiger partial charge in [-0.05, 0) is 24.3 Å². The van der Waals surface area contributed by atoms with E-state index in [0.29, 0.717) is 5.56 Å². The average Bonchev–Trinajstić information content (AvgIpc) is 2.70. The van der Waals surface area contributed by atoms with E-state index in [9.17, 15) is 9.90 Å². The number of rotatable bonds is 1. The van der Waals surface area contributed by atoms with Crippen molar-refractivity contribution in [1.29, 1.82) is 0 Å². The van der Waals surface area contributed by atoms with Crippen LogP contribution >= 0.6 is 0 Å². The Bertz CT molecular complexity index is 446. The first-order valence-electron chi connectivity index (χ1n) is 4.25. The van der Waals surface area contributed by atoms with E-state index in [0.717, 1.165) is 0 Å². The number of phenolic OH excluding ortho intramolecular Hbond substituents is 1. The van der Waals surface area contributed by atoms with Crippen molar-refractivity contribution < 1.29 is 9.90 Å². The number of nitrogens with zero attached hydrogens (tertiary/aromatic N) is 1. The van der Waals surface area contributed by atoms with Gasteiger partial charge in [-0.25, -0.2) is 0 Å². The first-order valence-corrected chi connectivity index (χ1v) is 4.25. The van der Waals surface area contributed by atoms with Crippen molar-refractivity contribution in [3.05, 3.63) is 54.4 Å². The molecular weight excluding hydrogens is 178 g/mol. The molecule has 0 saturated carbocycles. The fourth-order valence-corrected chi connectivity index (χ4v) is 1.26. The van der Waals surface area contributed by atoms with E-state index >= 15 is 0 Å². The summed E-state index contributed by atoms with van der Waals surface area (Å²) in [5.41, 5.74) is 0.309. The topological polar surface area (TPSA) is 42.2 Å². The molecule has 3 heteroatoms. The quantitative estimate of drug-likeness (QED) is 0.740. The summed E-state index contributed by atoms with van der Waals surface area (Å²) in [5, 5.41) is 9.45. The van der Waals surface area contributed by atoms with Crippen LogP contribution in [0.15, 0.2) is 48.8 Å². The van der Waals surface area contributed by atoms with Gasteiger partial charge in [0.2, 0.25) is 0 Å². The van der Waals surface area contributed by atoms with E-state index in [1.54, 1.807) is 42.7 Å². The molecule has 0 amide bonds. The Balaban J connectivity index is 2.42. The molecule has 0 fully saturated rings. The predicted octanol–water partition coefficient (Wildman–Crippen LogP) is 1.88. The summed E-state index contributed by atoms with van der Waals surface area (Å²) in [5.74, 6) is -0.223. The van der Waals surface area contributed by atoms with E-state index in [2.05, 4.69) is 0 Å². The number of para-hydroxylation sites is 1. The molecule has 0 aliphatic rings. The van der Waals surface area contributed by atoms with Gasteiger partial charge < -0.3 is 5.11 Å². The zero-order chi connectivity index (χ0) is 9.97. The molecule has 0 spiro atoms. The van der Waals surface area contributed by atoms with E-state index in [-0.39, 0.29) is 11.7 Å². The first kappa shape index (κ1) is 8.56. The third-order valence-electron chi connectivity index (χ3n) is 1.97. The van der Waals surface area contributed by atoms with Crippen molar-refractivity contribution >= 4 is 5.91 Å². The van der Waals surface area contributed by atoms with Crippen LogP contribution < -0.4 is 0 Å². The smallest absolute Gasteiger partial charge is 0.265 e. The van der Waals surface area contributed by atoms with E-state index < -0.39 is 0 Å². The van der Waals surface area contributed by atoms with Crippen molar-refractivity contribution in [2.24, 2.45) is 0 Å². The zero-order valence-electron chi connectivity index (χ0n) is 7.42. The molecule has 0 unspecified atom stereocenters. The molecule has 1 aromatic carbocycles. The standard InChI is InChI=1S/C11H9NO2/c13-10-6-2-1-5-9(10)11(14)12-7-3-4-8-12/h1-8,13H. The van der Waals surface area contributed by atoms with Gasteiger partial charge in [-0.3, -0.25) is 9.36 Å². The van der Waals surface area contributed by atoms with Gasteiger partial charge in [-0.2, -0.15) is 0 Å². The van der Waals surface area contributed by atoms with Crippen LogP contribution in [-0.2, 0) is 0 Å². The lowest BCUT2D eigenvalue weighted by Gasteiger charge is -2.03.